The highest BCUT2D eigenvalue weighted by molar-refractivity contribution is 6.07. The molecule has 1 N–H and O–H groups in total. The number of rotatable bonds is 8. The number of aryl methyl sites for hydroxylation is 2. The smallest absolute Gasteiger partial charge is 0.293 e. The van der Waals surface area contributed by atoms with Gasteiger partial charge in [0.1, 0.15) is 5.69 Å². The summed E-state index contributed by atoms with van der Waals surface area (Å²) in [6.45, 7) is 3.82. The Hall–Kier alpha value is -3.88. The number of nitrogens with zero attached hydrogens (tertiary/aromatic N) is 3. The second-order valence-corrected chi connectivity index (χ2v) is 7.11. The van der Waals surface area contributed by atoms with E-state index in [1.807, 2.05) is 26.0 Å². The largest absolute Gasteiger partial charge is 0.493 e. The molecule has 0 aliphatic heterocycles. The first-order valence-electron chi connectivity index (χ1n) is 9.56. The van der Waals surface area contributed by atoms with E-state index in [1.54, 1.807) is 44.2 Å². The number of nitrogens with one attached hydrogen (secondary N) is 1. The van der Waals surface area contributed by atoms with Crippen LogP contribution in [0.5, 0.6) is 11.5 Å². The van der Waals surface area contributed by atoms with Crippen molar-refractivity contribution in [2.75, 3.05) is 19.5 Å². The number of methoxy groups -OCH3 is 2. The van der Waals surface area contributed by atoms with Gasteiger partial charge in [-0.3, -0.25) is 14.9 Å². The van der Waals surface area contributed by atoms with E-state index < -0.39 is 4.92 Å². The van der Waals surface area contributed by atoms with Crippen molar-refractivity contribution in [3.05, 3.63) is 75.4 Å². The number of hydrogen-bond donors (Lipinski definition) is 1. The zero-order valence-electron chi connectivity index (χ0n) is 18.0. The van der Waals surface area contributed by atoms with Gasteiger partial charge in [-0.2, -0.15) is 0 Å². The van der Waals surface area contributed by atoms with Crippen molar-refractivity contribution in [2.24, 2.45) is 7.05 Å². The molecule has 0 aliphatic carbocycles. The van der Waals surface area contributed by atoms with E-state index in [0.717, 1.165) is 11.1 Å². The summed E-state index contributed by atoms with van der Waals surface area (Å²) in [6, 6.07) is 7.80. The third kappa shape index (κ3) is 4.35. The monoisotopic (exact) mass is 424 g/mol. The van der Waals surface area contributed by atoms with Crippen LogP contribution in [0.1, 0.15) is 40.3 Å². The molecule has 0 aliphatic rings. The summed E-state index contributed by atoms with van der Waals surface area (Å²) < 4.78 is 12.3. The van der Waals surface area contributed by atoms with E-state index in [9.17, 15) is 14.9 Å². The summed E-state index contributed by atoms with van der Waals surface area (Å²) in [4.78, 5) is 27.9. The van der Waals surface area contributed by atoms with E-state index in [-0.39, 0.29) is 28.9 Å². The third-order valence-electron chi connectivity index (χ3n) is 5.09. The number of carbonyl (C=O) groups excluding carboxylic acids is 1. The molecule has 1 aromatic heterocycles. The molecule has 3 aromatic rings. The van der Waals surface area contributed by atoms with E-state index in [2.05, 4.69) is 10.3 Å². The first kappa shape index (κ1) is 21.8. The molecule has 0 amide bonds. The zero-order valence-corrected chi connectivity index (χ0v) is 18.0. The van der Waals surface area contributed by atoms with Crippen LogP contribution in [-0.4, -0.2) is 34.5 Å². The summed E-state index contributed by atoms with van der Waals surface area (Å²) in [5.41, 5.74) is 2.16. The fraction of sp³-hybridized carbons (Fsp3) is 0.273. The second kappa shape index (κ2) is 8.86. The van der Waals surface area contributed by atoms with Gasteiger partial charge in [0.15, 0.2) is 17.3 Å². The fourth-order valence-corrected chi connectivity index (χ4v) is 3.43. The van der Waals surface area contributed by atoms with Crippen LogP contribution in [0.2, 0.25) is 0 Å². The molecule has 0 saturated heterocycles. The molecule has 9 heteroatoms. The number of imidazole rings is 1. The predicted octanol–water partition coefficient (Wildman–Crippen LogP) is 4.06. The van der Waals surface area contributed by atoms with Gasteiger partial charge >= 0.3 is 0 Å². The summed E-state index contributed by atoms with van der Waals surface area (Å²) in [6.07, 6.45) is 3.15. The van der Waals surface area contributed by atoms with Gasteiger partial charge in [-0.15, -0.1) is 0 Å². The molecule has 3 rings (SSSR count). The van der Waals surface area contributed by atoms with Crippen molar-refractivity contribution in [1.82, 2.24) is 9.55 Å². The van der Waals surface area contributed by atoms with Crippen molar-refractivity contribution in [3.8, 4) is 11.5 Å². The lowest BCUT2D eigenvalue weighted by Crippen LogP contribution is -2.12. The lowest BCUT2D eigenvalue weighted by atomic mass is 10.0. The minimum Gasteiger partial charge on any atom is -0.493 e. The molecule has 0 radical (unpaired) electrons. The van der Waals surface area contributed by atoms with Gasteiger partial charge in [-0.1, -0.05) is 0 Å². The van der Waals surface area contributed by atoms with Crippen molar-refractivity contribution in [2.45, 2.75) is 19.9 Å². The molecule has 31 heavy (non-hydrogen) atoms. The van der Waals surface area contributed by atoms with Crippen LogP contribution >= 0.6 is 0 Å². The Morgan fingerprint density at radius 2 is 1.87 bits per heavy atom. The maximum absolute atomic E-state index is 12.7. The number of nitro benzene ring substituents is 1. The summed E-state index contributed by atoms with van der Waals surface area (Å²) >= 11 is 0. The second-order valence-electron chi connectivity index (χ2n) is 7.11. The van der Waals surface area contributed by atoms with Gasteiger partial charge in [0, 0.05) is 37.1 Å². The van der Waals surface area contributed by atoms with Crippen LogP contribution in [0.15, 0.2) is 42.7 Å². The standard InChI is InChI=1S/C22H24N4O5/c1-13-10-19(30-4)20(31-5)12-16(13)14(2)24-17-7-6-15(11-18(17)26(28)29)21(27)22-23-8-9-25(22)3/h6-12,14,24H,1-5H3. The van der Waals surface area contributed by atoms with E-state index >= 15 is 0 Å². The molecule has 1 heterocycles. The lowest BCUT2D eigenvalue weighted by molar-refractivity contribution is -0.384. The van der Waals surface area contributed by atoms with Crippen molar-refractivity contribution in [3.63, 3.8) is 0 Å². The number of anilines is 1. The van der Waals surface area contributed by atoms with Crippen LogP contribution in [0, 0.1) is 17.0 Å². The number of nitro groups is 1. The van der Waals surface area contributed by atoms with E-state index in [0.29, 0.717) is 17.2 Å². The first-order chi connectivity index (χ1) is 14.8. The number of carbonyl (C=O) groups is 1. The molecule has 0 saturated carbocycles. The number of aromatic nitrogens is 2. The lowest BCUT2D eigenvalue weighted by Gasteiger charge is -2.20. The van der Waals surface area contributed by atoms with E-state index in [1.165, 1.54) is 12.3 Å². The topological polar surface area (TPSA) is 109 Å². The fourth-order valence-electron chi connectivity index (χ4n) is 3.43. The third-order valence-corrected chi connectivity index (χ3v) is 5.09. The van der Waals surface area contributed by atoms with Gasteiger partial charge in [0.05, 0.1) is 19.1 Å². The molecule has 0 spiro atoms. The number of benzene rings is 2. The summed E-state index contributed by atoms with van der Waals surface area (Å²) in [5.74, 6) is 1.01. The number of ketones is 1. The predicted molar refractivity (Wildman–Crippen MR) is 116 cm³/mol. The van der Waals surface area contributed by atoms with Gasteiger partial charge in [-0.05, 0) is 49.2 Å². The van der Waals surface area contributed by atoms with Gasteiger partial charge in [-0.25, -0.2) is 4.98 Å². The highest BCUT2D eigenvalue weighted by Crippen LogP contribution is 2.35. The van der Waals surface area contributed by atoms with Crippen LogP contribution < -0.4 is 14.8 Å². The Labute approximate surface area is 179 Å². The normalized spacial score (nSPS) is 11.6. The molecule has 1 unspecified atom stereocenters. The number of hydrogen-bond acceptors (Lipinski definition) is 7. The summed E-state index contributed by atoms with van der Waals surface area (Å²) in [7, 11) is 4.81. The van der Waals surface area contributed by atoms with Gasteiger partial charge in [0.2, 0.25) is 5.78 Å². The van der Waals surface area contributed by atoms with Crippen LogP contribution in [0.4, 0.5) is 11.4 Å². The maximum atomic E-state index is 12.7. The first-order valence-corrected chi connectivity index (χ1v) is 9.56. The average molecular weight is 424 g/mol. The van der Waals surface area contributed by atoms with Crippen LogP contribution in [0.3, 0.4) is 0 Å². The Balaban J connectivity index is 1.94. The molecule has 1 atom stereocenters. The van der Waals surface area contributed by atoms with E-state index in [4.69, 9.17) is 9.47 Å². The minimum atomic E-state index is -0.508. The zero-order chi connectivity index (χ0) is 22.7. The highest BCUT2D eigenvalue weighted by Gasteiger charge is 2.22. The molecule has 0 fully saturated rings. The van der Waals surface area contributed by atoms with Crippen molar-refractivity contribution < 1.29 is 19.2 Å². The van der Waals surface area contributed by atoms with Crippen LogP contribution in [0.25, 0.3) is 0 Å². The quantitative estimate of drug-likeness (QED) is 0.330. The Bertz CT molecular complexity index is 1140. The Morgan fingerprint density at radius 3 is 2.45 bits per heavy atom. The average Bonchev–Trinajstić information content (AvgIpc) is 3.18. The maximum Gasteiger partial charge on any atom is 0.293 e. The van der Waals surface area contributed by atoms with Gasteiger partial charge in [0.25, 0.3) is 5.69 Å². The van der Waals surface area contributed by atoms with Crippen molar-refractivity contribution >= 4 is 17.2 Å². The molecule has 0 bridgehead atoms. The Kier molecular flexibility index (Phi) is 6.24. The van der Waals surface area contributed by atoms with Crippen molar-refractivity contribution in [1.29, 1.82) is 0 Å². The molecule has 9 nitrogen and oxygen atoms in total. The molecule has 162 valence electrons. The summed E-state index contributed by atoms with van der Waals surface area (Å²) in [5, 5.41) is 14.9. The minimum absolute atomic E-state index is 0.190. The molecule has 2 aromatic carbocycles. The van der Waals surface area contributed by atoms with Gasteiger partial charge < -0.3 is 19.4 Å². The van der Waals surface area contributed by atoms with Crippen LogP contribution in [-0.2, 0) is 7.05 Å². The molecular weight excluding hydrogens is 400 g/mol. The molecular formula is C22H24N4O5. The Morgan fingerprint density at radius 1 is 1.19 bits per heavy atom. The highest BCUT2D eigenvalue weighted by atomic mass is 16.6. The SMILES string of the molecule is COc1cc(C)c(C(C)Nc2ccc(C(=O)c3nccn3C)cc2[N+](=O)[O-])cc1OC. The number of ether oxygens (including phenoxy) is 2.